The monoisotopic (exact) mass is 425 g/mol. The van der Waals surface area contributed by atoms with Gasteiger partial charge in [0, 0.05) is 30.9 Å². The lowest BCUT2D eigenvalue weighted by atomic mass is 10.1. The minimum Gasteiger partial charge on any atom is -0.322 e. The normalized spacial score (nSPS) is 11.5. The first-order valence-corrected chi connectivity index (χ1v) is 10.3. The van der Waals surface area contributed by atoms with Crippen molar-refractivity contribution in [3.05, 3.63) is 62.7 Å². The number of hydrogen-bond acceptors (Lipinski definition) is 5. The zero-order valence-electron chi connectivity index (χ0n) is 15.6. The van der Waals surface area contributed by atoms with Gasteiger partial charge in [0.05, 0.1) is 20.4 Å². The van der Waals surface area contributed by atoms with Crippen molar-refractivity contribution in [2.45, 2.75) is 25.7 Å². The molecule has 2 rings (SSSR count). The largest absolute Gasteiger partial charge is 0.322 e. The number of sulfonamides is 1. The van der Waals surface area contributed by atoms with Crippen molar-refractivity contribution in [2.24, 2.45) is 0 Å². The van der Waals surface area contributed by atoms with E-state index in [-0.39, 0.29) is 26.9 Å². The summed E-state index contributed by atoms with van der Waals surface area (Å²) < 4.78 is 26.9. The second-order valence-electron chi connectivity index (χ2n) is 5.94. The molecular formula is C18H20ClN3O5S. The zero-order chi connectivity index (χ0) is 21.1. The minimum absolute atomic E-state index is 0.0474. The number of aryl methyl sites for hydroxylation is 1. The minimum atomic E-state index is -3.71. The summed E-state index contributed by atoms with van der Waals surface area (Å²) in [6.45, 7) is 5.79. The highest BCUT2D eigenvalue weighted by Gasteiger charge is 2.24. The number of carbonyl (C=O) groups is 1. The third kappa shape index (κ3) is 4.49. The summed E-state index contributed by atoms with van der Waals surface area (Å²) in [7, 11) is -3.71. The fourth-order valence-electron chi connectivity index (χ4n) is 2.66. The number of benzene rings is 2. The molecule has 0 bridgehead atoms. The number of carbonyl (C=O) groups excluding carboxylic acids is 1. The molecule has 0 saturated carbocycles. The van der Waals surface area contributed by atoms with Crippen molar-refractivity contribution in [3.63, 3.8) is 0 Å². The van der Waals surface area contributed by atoms with E-state index in [0.717, 1.165) is 6.07 Å². The number of nitrogens with zero attached hydrogens (tertiary/aromatic N) is 2. The second kappa shape index (κ2) is 8.68. The van der Waals surface area contributed by atoms with Gasteiger partial charge in [-0.3, -0.25) is 14.9 Å². The van der Waals surface area contributed by atoms with E-state index in [9.17, 15) is 23.3 Å². The molecule has 2 aromatic carbocycles. The molecule has 0 saturated heterocycles. The molecule has 1 N–H and O–H groups in total. The van der Waals surface area contributed by atoms with E-state index in [2.05, 4.69) is 5.32 Å². The fraction of sp³-hybridized carbons (Fsp3) is 0.278. The van der Waals surface area contributed by atoms with Crippen LogP contribution in [0, 0.1) is 17.0 Å². The number of amides is 1. The Morgan fingerprint density at radius 2 is 1.82 bits per heavy atom. The molecule has 0 fully saturated rings. The Hall–Kier alpha value is -2.49. The Balaban J connectivity index is 2.40. The van der Waals surface area contributed by atoms with Gasteiger partial charge < -0.3 is 5.32 Å². The summed E-state index contributed by atoms with van der Waals surface area (Å²) in [5.74, 6) is -0.677. The van der Waals surface area contributed by atoms with Crippen LogP contribution in [-0.4, -0.2) is 36.6 Å². The van der Waals surface area contributed by atoms with Gasteiger partial charge in [0.25, 0.3) is 11.6 Å². The summed E-state index contributed by atoms with van der Waals surface area (Å²) in [5.41, 5.74) is 0.426. The molecule has 0 spiro atoms. The number of anilines is 1. The van der Waals surface area contributed by atoms with Crippen LogP contribution in [-0.2, 0) is 10.0 Å². The topological polar surface area (TPSA) is 110 Å². The fourth-order valence-corrected chi connectivity index (χ4v) is 4.57. The van der Waals surface area contributed by atoms with Crippen molar-refractivity contribution in [1.29, 1.82) is 0 Å². The zero-order valence-corrected chi connectivity index (χ0v) is 17.2. The number of halogens is 1. The molecule has 8 nitrogen and oxygen atoms in total. The highest BCUT2D eigenvalue weighted by molar-refractivity contribution is 7.89. The van der Waals surface area contributed by atoms with Gasteiger partial charge in [-0.25, -0.2) is 8.42 Å². The van der Waals surface area contributed by atoms with Gasteiger partial charge in [-0.05, 0) is 30.7 Å². The summed E-state index contributed by atoms with van der Waals surface area (Å²) in [5, 5.41) is 13.5. The highest BCUT2D eigenvalue weighted by atomic mass is 35.5. The van der Waals surface area contributed by atoms with E-state index in [1.165, 1.54) is 22.5 Å². The van der Waals surface area contributed by atoms with Gasteiger partial charge in [0.1, 0.15) is 0 Å². The van der Waals surface area contributed by atoms with Crippen LogP contribution in [0.2, 0.25) is 5.02 Å². The summed E-state index contributed by atoms with van der Waals surface area (Å²) in [6.07, 6.45) is 0. The maximum atomic E-state index is 12.8. The number of non-ortho nitro benzene ring substituents is 1. The first-order valence-electron chi connectivity index (χ1n) is 8.47. The number of rotatable bonds is 7. The van der Waals surface area contributed by atoms with E-state index in [0.29, 0.717) is 18.7 Å². The van der Waals surface area contributed by atoms with Gasteiger partial charge in [0.15, 0.2) is 0 Å². The molecule has 2 aromatic rings. The van der Waals surface area contributed by atoms with Gasteiger partial charge in [-0.1, -0.05) is 31.5 Å². The molecule has 28 heavy (non-hydrogen) atoms. The van der Waals surface area contributed by atoms with Crippen LogP contribution in [0.25, 0.3) is 0 Å². The van der Waals surface area contributed by atoms with Gasteiger partial charge >= 0.3 is 0 Å². The van der Waals surface area contributed by atoms with Crippen molar-refractivity contribution < 1.29 is 18.1 Å². The number of nitrogens with one attached hydrogen (secondary N) is 1. The van der Waals surface area contributed by atoms with E-state index >= 15 is 0 Å². The predicted molar refractivity (Wildman–Crippen MR) is 107 cm³/mol. The van der Waals surface area contributed by atoms with E-state index in [1.54, 1.807) is 32.9 Å². The van der Waals surface area contributed by atoms with Gasteiger partial charge in [0.2, 0.25) is 10.0 Å². The average molecular weight is 426 g/mol. The molecule has 0 unspecified atom stereocenters. The summed E-state index contributed by atoms with van der Waals surface area (Å²) in [6, 6.07) is 8.03. The van der Waals surface area contributed by atoms with Crippen molar-refractivity contribution >= 4 is 38.9 Å². The lowest BCUT2D eigenvalue weighted by Crippen LogP contribution is -2.31. The number of hydrogen-bond donors (Lipinski definition) is 1. The molecule has 0 aliphatic carbocycles. The second-order valence-corrected chi connectivity index (χ2v) is 8.26. The number of nitro groups is 1. The van der Waals surface area contributed by atoms with Crippen molar-refractivity contribution in [3.8, 4) is 0 Å². The van der Waals surface area contributed by atoms with Gasteiger partial charge in [-0.15, -0.1) is 0 Å². The molecule has 150 valence electrons. The standard InChI is InChI=1S/C18H20ClN3O5S/c1-4-21(5-2)28(26,27)17-10-13(7-6-12(17)3)20-18(23)15-11-14(22(24)25)8-9-16(15)19/h6-11H,4-5H2,1-3H3,(H,20,23). The SMILES string of the molecule is CCN(CC)S(=O)(=O)c1cc(NC(=O)c2cc([N+](=O)[O-])ccc2Cl)ccc1C. The first-order chi connectivity index (χ1) is 13.1. The average Bonchev–Trinajstić information content (AvgIpc) is 2.64. The van der Waals surface area contributed by atoms with Crippen LogP contribution < -0.4 is 5.32 Å². The Kier molecular flexibility index (Phi) is 6.76. The van der Waals surface area contributed by atoms with Crippen LogP contribution >= 0.6 is 11.6 Å². The molecule has 0 radical (unpaired) electrons. The van der Waals surface area contributed by atoms with Crippen LogP contribution in [0.4, 0.5) is 11.4 Å². The molecule has 0 aliphatic rings. The lowest BCUT2D eigenvalue weighted by molar-refractivity contribution is -0.384. The Morgan fingerprint density at radius 1 is 1.18 bits per heavy atom. The smallest absolute Gasteiger partial charge is 0.270 e. The Morgan fingerprint density at radius 3 is 2.39 bits per heavy atom. The van der Waals surface area contributed by atoms with E-state index in [1.807, 2.05) is 0 Å². The molecule has 10 heteroatoms. The third-order valence-electron chi connectivity index (χ3n) is 4.17. The quantitative estimate of drug-likeness (QED) is 0.535. The summed E-state index contributed by atoms with van der Waals surface area (Å²) in [4.78, 5) is 22.9. The van der Waals surface area contributed by atoms with E-state index < -0.39 is 20.9 Å². The predicted octanol–water partition coefficient (Wildman–Crippen LogP) is 3.84. The molecule has 0 aliphatic heterocycles. The number of nitro benzene ring substituents is 1. The first kappa shape index (κ1) is 21.8. The summed E-state index contributed by atoms with van der Waals surface area (Å²) >= 11 is 5.98. The maximum Gasteiger partial charge on any atom is 0.270 e. The van der Waals surface area contributed by atoms with Crippen LogP contribution in [0.3, 0.4) is 0 Å². The Labute approximate surface area is 168 Å². The van der Waals surface area contributed by atoms with Gasteiger partial charge in [-0.2, -0.15) is 4.31 Å². The Bertz CT molecular complexity index is 1020. The molecule has 1 amide bonds. The van der Waals surface area contributed by atoms with Crippen molar-refractivity contribution in [1.82, 2.24) is 4.31 Å². The molecule has 0 aromatic heterocycles. The third-order valence-corrected chi connectivity index (χ3v) is 6.70. The molecule has 0 heterocycles. The molecular weight excluding hydrogens is 406 g/mol. The van der Waals surface area contributed by atoms with Crippen LogP contribution in [0.1, 0.15) is 29.8 Å². The van der Waals surface area contributed by atoms with Crippen molar-refractivity contribution in [2.75, 3.05) is 18.4 Å². The lowest BCUT2D eigenvalue weighted by Gasteiger charge is -2.20. The maximum absolute atomic E-state index is 12.8. The van der Waals surface area contributed by atoms with E-state index in [4.69, 9.17) is 11.6 Å². The van der Waals surface area contributed by atoms with Crippen LogP contribution in [0.5, 0.6) is 0 Å². The molecule has 0 atom stereocenters. The highest BCUT2D eigenvalue weighted by Crippen LogP contribution is 2.26. The van der Waals surface area contributed by atoms with Crippen LogP contribution in [0.15, 0.2) is 41.3 Å².